The van der Waals surface area contributed by atoms with Crippen LogP contribution in [0.15, 0.2) is 34.7 Å². The largest absolute Gasteiger partial charge is 0.263 e. The van der Waals surface area contributed by atoms with Crippen LogP contribution in [0.1, 0.15) is 5.56 Å². The molecule has 1 aromatic carbocycles. The van der Waals surface area contributed by atoms with Gasteiger partial charge in [0, 0.05) is 11.6 Å². The summed E-state index contributed by atoms with van der Waals surface area (Å²) in [6.45, 7) is 1.57. The summed E-state index contributed by atoms with van der Waals surface area (Å²) in [6, 6.07) is 3.77. The maximum atomic E-state index is 13.3. The molecule has 4 nitrogen and oxygen atoms in total. The molecule has 0 atom stereocenters. The maximum absolute atomic E-state index is 13.3. The van der Waals surface area contributed by atoms with E-state index in [0.29, 0.717) is 5.56 Å². The molecule has 1 N–H and O–H groups in total. The summed E-state index contributed by atoms with van der Waals surface area (Å²) in [6.07, 6.45) is 1.48. The molecule has 17 heavy (non-hydrogen) atoms. The van der Waals surface area contributed by atoms with Crippen molar-refractivity contribution in [3.63, 3.8) is 0 Å². The number of sulfonamides is 1. The Morgan fingerprint density at radius 2 is 2.18 bits per heavy atom. The number of nitrogens with zero attached hydrogens (tertiary/aromatic N) is 1. The Labute approximate surface area is 102 Å². The zero-order chi connectivity index (χ0) is 12.5. The Hall–Kier alpha value is -1.47. The van der Waals surface area contributed by atoms with Gasteiger partial charge in [0.15, 0.2) is 5.13 Å². The van der Waals surface area contributed by atoms with Crippen molar-refractivity contribution in [2.75, 3.05) is 4.72 Å². The van der Waals surface area contributed by atoms with Gasteiger partial charge in [-0.25, -0.2) is 17.8 Å². The van der Waals surface area contributed by atoms with Gasteiger partial charge in [0.05, 0.1) is 4.90 Å². The van der Waals surface area contributed by atoms with Crippen molar-refractivity contribution in [3.8, 4) is 0 Å². The highest BCUT2D eigenvalue weighted by molar-refractivity contribution is 7.93. The fourth-order valence-electron chi connectivity index (χ4n) is 1.19. The van der Waals surface area contributed by atoms with Crippen LogP contribution >= 0.6 is 11.3 Å². The van der Waals surface area contributed by atoms with Crippen LogP contribution in [0.25, 0.3) is 0 Å². The molecule has 0 aliphatic rings. The van der Waals surface area contributed by atoms with E-state index in [4.69, 9.17) is 0 Å². The SMILES string of the molecule is Cc1ccc(S(=O)(=O)Nc2nccs2)cc1F. The Kier molecular flexibility index (Phi) is 3.12. The van der Waals surface area contributed by atoms with Crippen LogP contribution in [0.5, 0.6) is 0 Å². The van der Waals surface area contributed by atoms with E-state index in [1.165, 1.54) is 18.3 Å². The van der Waals surface area contributed by atoms with Gasteiger partial charge in [-0.3, -0.25) is 4.72 Å². The summed E-state index contributed by atoms with van der Waals surface area (Å²) >= 11 is 1.16. The second kappa shape index (κ2) is 4.42. The minimum Gasteiger partial charge on any atom is -0.255 e. The fourth-order valence-corrected chi connectivity index (χ4v) is 2.99. The van der Waals surface area contributed by atoms with E-state index < -0.39 is 15.8 Å². The van der Waals surface area contributed by atoms with Gasteiger partial charge >= 0.3 is 0 Å². The average Bonchev–Trinajstić information content (AvgIpc) is 2.73. The highest BCUT2D eigenvalue weighted by Gasteiger charge is 2.16. The van der Waals surface area contributed by atoms with E-state index >= 15 is 0 Å². The molecule has 2 rings (SSSR count). The van der Waals surface area contributed by atoms with Gasteiger partial charge in [-0.2, -0.15) is 0 Å². The van der Waals surface area contributed by atoms with Crippen molar-refractivity contribution in [1.29, 1.82) is 0 Å². The summed E-state index contributed by atoms with van der Waals surface area (Å²) < 4.78 is 39.3. The molecule has 0 radical (unpaired) electrons. The average molecular weight is 272 g/mol. The van der Waals surface area contributed by atoms with Gasteiger partial charge in [-0.05, 0) is 24.6 Å². The molecule has 90 valence electrons. The Morgan fingerprint density at radius 3 is 2.76 bits per heavy atom. The molecule has 0 saturated carbocycles. The summed E-state index contributed by atoms with van der Waals surface area (Å²) in [5, 5.41) is 1.90. The number of rotatable bonds is 3. The van der Waals surface area contributed by atoms with Gasteiger partial charge < -0.3 is 0 Å². The smallest absolute Gasteiger partial charge is 0.255 e. The number of hydrogen-bond donors (Lipinski definition) is 1. The lowest BCUT2D eigenvalue weighted by atomic mass is 10.2. The highest BCUT2D eigenvalue weighted by atomic mass is 32.2. The Morgan fingerprint density at radius 1 is 1.41 bits per heavy atom. The number of aromatic nitrogens is 1. The molecule has 2 aromatic rings. The lowest BCUT2D eigenvalue weighted by molar-refractivity contribution is 0.593. The summed E-state index contributed by atoms with van der Waals surface area (Å²) in [5.74, 6) is -0.549. The van der Waals surface area contributed by atoms with Crippen LogP contribution < -0.4 is 4.72 Å². The first-order valence-corrected chi connectivity index (χ1v) is 7.04. The van der Waals surface area contributed by atoms with Crippen molar-refractivity contribution in [1.82, 2.24) is 4.98 Å². The number of nitrogens with one attached hydrogen (secondary N) is 1. The van der Waals surface area contributed by atoms with E-state index in [2.05, 4.69) is 9.71 Å². The molecule has 0 bridgehead atoms. The molecule has 0 spiro atoms. The molecule has 0 saturated heterocycles. The van der Waals surface area contributed by atoms with E-state index in [0.717, 1.165) is 17.4 Å². The van der Waals surface area contributed by atoms with Crippen molar-refractivity contribution >= 4 is 26.5 Å². The zero-order valence-electron chi connectivity index (χ0n) is 8.84. The molecule has 0 aliphatic heterocycles. The van der Waals surface area contributed by atoms with Crippen LogP contribution in [-0.4, -0.2) is 13.4 Å². The van der Waals surface area contributed by atoms with E-state index in [1.807, 2.05) is 0 Å². The van der Waals surface area contributed by atoms with Crippen molar-refractivity contribution in [2.45, 2.75) is 11.8 Å². The molecular formula is C10H9FN2O2S2. The third-order valence-corrected chi connectivity index (χ3v) is 4.26. The van der Waals surface area contributed by atoms with Crippen LogP contribution in [0.4, 0.5) is 9.52 Å². The highest BCUT2D eigenvalue weighted by Crippen LogP contribution is 2.19. The molecule has 0 aliphatic carbocycles. The predicted molar refractivity (Wildman–Crippen MR) is 64.1 cm³/mol. The van der Waals surface area contributed by atoms with Crippen LogP contribution in [0.3, 0.4) is 0 Å². The first-order chi connectivity index (χ1) is 7.99. The fraction of sp³-hybridized carbons (Fsp3) is 0.100. The number of aryl methyl sites for hydroxylation is 1. The van der Waals surface area contributed by atoms with Gasteiger partial charge in [0.25, 0.3) is 10.0 Å². The maximum Gasteiger partial charge on any atom is 0.263 e. The summed E-state index contributed by atoms with van der Waals surface area (Å²) in [7, 11) is -3.76. The molecular weight excluding hydrogens is 263 g/mol. The first kappa shape index (κ1) is 12.0. The molecule has 0 amide bonds. The molecule has 0 fully saturated rings. The normalized spacial score (nSPS) is 11.4. The first-order valence-electron chi connectivity index (χ1n) is 4.67. The number of hydrogen-bond acceptors (Lipinski definition) is 4. The monoisotopic (exact) mass is 272 g/mol. The second-order valence-electron chi connectivity index (χ2n) is 3.35. The van der Waals surface area contributed by atoms with Crippen LogP contribution in [0.2, 0.25) is 0 Å². The Balaban J connectivity index is 2.35. The second-order valence-corrected chi connectivity index (χ2v) is 5.93. The molecule has 1 aromatic heterocycles. The van der Waals surface area contributed by atoms with Crippen molar-refractivity contribution in [3.05, 3.63) is 41.2 Å². The lowest BCUT2D eigenvalue weighted by Crippen LogP contribution is -2.13. The van der Waals surface area contributed by atoms with E-state index in [9.17, 15) is 12.8 Å². The van der Waals surface area contributed by atoms with Crippen LogP contribution in [-0.2, 0) is 10.0 Å². The molecule has 1 heterocycles. The van der Waals surface area contributed by atoms with Gasteiger partial charge in [-0.15, -0.1) is 11.3 Å². The minimum atomic E-state index is -3.76. The van der Waals surface area contributed by atoms with Crippen LogP contribution in [0, 0.1) is 12.7 Å². The number of benzene rings is 1. The third-order valence-electron chi connectivity index (χ3n) is 2.11. The standard InChI is InChI=1S/C10H9FN2O2S2/c1-7-2-3-8(6-9(7)11)17(14,15)13-10-12-4-5-16-10/h2-6H,1H3,(H,12,13). The Bertz CT molecular complexity index is 624. The van der Waals surface area contributed by atoms with E-state index in [1.54, 1.807) is 12.3 Å². The van der Waals surface area contributed by atoms with Crippen molar-refractivity contribution in [2.24, 2.45) is 0 Å². The number of thiazole rings is 1. The topological polar surface area (TPSA) is 59.1 Å². The quantitative estimate of drug-likeness (QED) is 0.933. The minimum absolute atomic E-state index is 0.115. The number of halogens is 1. The predicted octanol–water partition coefficient (Wildman–Crippen LogP) is 2.39. The van der Waals surface area contributed by atoms with Gasteiger partial charge in [-0.1, -0.05) is 6.07 Å². The summed E-state index contributed by atoms with van der Waals surface area (Å²) in [4.78, 5) is 3.69. The summed E-state index contributed by atoms with van der Waals surface area (Å²) in [5.41, 5.74) is 0.401. The van der Waals surface area contributed by atoms with Gasteiger partial charge in [0.1, 0.15) is 5.82 Å². The number of anilines is 1. The molecule has 0 unspecified atom stereocenters. The third kappa shape index (κ3) is 2.62. The lowest BCUT2D eigenvalue weighted by Gasteiger charge is -2.05. The van der Waals surface area contributed by atoms with E-state index in [-0.39, 0.29) is 10.0 Å². The van der Waals surface area contributed by atoms with Crippen molar-refractivity contribution < 1.29 is 12.8 Å². The zero-order valence-corrected chi connectivity index (χ0v) is 10.5. The molecule has 7 heteroatoms. The van der Waals surface area contributed by atoms with Gasteiger partial charge in [0.2, 0.25) is 0 Å².